The number of nitrogens with two attached hydrogens (primary N) is 1. The topological polar surface area (TPSA) is 44.5 Å². The van der Waals surface area contributed by atoms with Crippen molar-refractivity contribution in [3.8, 4) is 11.5 Å². The van der Waals surface area contributed by atoms with Crippen molar-refractivity contribution >= 4 is 23.5 Å². The van der Waals surface area contributed by atoms with Crippen LogP contribution >= 0.6 is 23.5 Å². The first-order valence-electron chi connectivity index (χ1n) is 5.93. The molecule has 0 saturated carbocycles. The molecule has 1 aliphatic heterocycles. The van der Waals surface area contributed by atoms with E-state index in [9.17, 15) is 0 Å². The zero-order valence-corrected chi connectivity index (χ0v) is 12.4. The summed E-state index contributed by atoms with van der Waals surface area (Å²) in [6.07, 6.45) is 0. The molecule has 0 aromatic heterocycles. The zero-order valence-electron chi connectivity index (χ0n) is 10.7. The van der Waals surface area contributed by atoms with Crippen LogP contribution in [0.25, 0.3) is 0 Å². The Morgan fingerprint density at radius 1 is 1.22 bits per heavy atom. The zero-order chi connectivity index (χ0) is 13.0. The molecule has 18 heavy (non-hydrogen) atoms. The van der Waals surface area contributed by atoms with Crippen LogP contribution < -0.4 is 15.2 Å². The molecule has 0 amide bonds. The number of ether oxygens (including phenoxy) is 2. The van der Waals surface area contributed by atoms with Crippen LogP contribution in [0.15, 0.2) is 18.2 Å². The van der Waals surface area contributed by atoms with Gasteiger partial charge in [0.05, 0.1) is 14.2 Å². The molecule has 1 fully saturated rings. The Hall–Kier alpha value is -0.520. The summed E-state index contributed by atoms with van der Waals surface area (Å²) < 4.78 is 10.6. The summed E-state index contributed by atoms with van der Waals surface area (Å²) in [5.74, 6) is 5.05. The van der Waals surface area contributed by atoms with Crippen LogP contribution in [0, 0.1) is 0 Å². The van der Waals surface area contributed by atoms with Gasteiger partial charge < -0.3 is 15.2 Å². The van der Waals surface area contributed by atoms with Gasteiger partial charge in [-0.15, -0.1) is 0 Å². The van der Waals surface area contributed by atoms with Crippen LogP contribution in [0.4, 0.5) is 0 Å². The highest BCUT2D eigenvalue weighted by Crippen LogP contribution is 2.35. The summed E-state index contributed by atoms with van der Waals surface area (Å²) >= 11 is 3.96. The average molecular weight is 285 g/mol. The molecule has 2 rings (SSSR count). The van der Waals surface area contributed by atoms with Gasteiger partial charge in [-0.1, -0.05) is 6.07 Å². The molecule has 1 aliphatic rings. The van der Waals surface area contributed by atoms with E-state index < -0.39 is 0 Å². The van der Waals surface area contributed by atoms with Gasteiger partial charge in [0.1, 0.15) is 0 Å². The fourth-order valence-corrected chi connectivity index (χ4v) is 4.79. The molecule has 2 unspecified atom stereocenters. The minimum atomic E-state index is 0.0580. The lowest BCUT2D eigenvalue weighted by atomic mass is 10.0. The summed E-state index contributed by atoms with van der Waals surface area (Å²) in [6, 6.07) is 6.01. The summed E-state index contributed by atoms with van der Waals surface area (Å²) in [7, 11) is 3.30. The normalized spacial score (nSPS) is 21.4. The fourth-order valence-electron chi connectivity index (χ4n) is 1.99. The molecule has 1 aromatic carbocycles. The second kappa shape index (κ2) is 6.59. The molecule has 100 valence electrons. The predicted octanol–water partition coefficient (Wildman–Crippen LogP) is 2.55. The van der Waals surface area contributed by atoms with Crippen molar-refractivity contribution in [2.24, 2.45) is 5.73 Å². The van der Waals surface area contributed by atoms with Crippen LogP contribution in [0.3, 0.4) is 0 Å². The molecule has 0 spiro atoms. The molecule has 1 aromatic rings. The maximum Gasteiger partial charge on any atom is 0.161 e. The van der Waals surface area contributed by atoms with Gasteiger partial charge in [0.15, 0.2) is 11.5 Å². The van der Waals surface area contributed by atoms with E-state index in [1.165, 1.54) is 11.5 Å². The highest BCUT2D eigenvalue weighted by Gasteiger charge is 2.23. The SMILES string of the molecule is COc1ccc(C(N)C2CSCCS2)cc1OC. The molecule has 0 radical (unpaired) electrons. The average Bonchev–Trinajstić information content (AvgIpc) is 2.46. The first-order chi connectivity index (χ1) is 8.76. The van der Waals surface area contributed by atoms with Crippen molar-refractivity contribution < 1.29 is 9.47 Å². The number of hydrogen-bond acceptors (Lipinski definition) is 5. The van der Waals surface area contributed by atoms with E-state index in [1.54, 1.807) is 14.2 Å². The quantitative estimate of drug-likeness (QED) is 0.921. The molecular weight excluding hydrogens is 266 g/mol. The van der Waals surface area contributed by atoms with Gasteiger partial charge in [-0.2, -0.15) is 23.5 Å². The molecule has 1 heterocycles. The molecule has 2 N–H and O–H groups in total. The maximum atomic E-state index is 6.35. The number of hydrogen-bond donors (Lipinski definition) is 1. The monoisotopic (exact) mass is 285 g/mol. The van der Waals surface area contributed by atoms with Gasteiger partial charge in [0, 0.05) is 28.6 Å². The standard InChI is InChI=1S/C13H19NO2S2/c1-15-10-4-3-9(7-11(10)16-2)13(14)12-8-17-5-6-18-12/h3-4,7,12-13H,5-6,8,14H2,1-2H3. The van der Waals surface area contributed by atoms with Crippen molar-refractivity contribution in [2.45, 2.75) is 11.3 Å². The fraction of sp³-hybridized carbons (Fsp3) is 0.538. The van der Waals surface area contributed by atoms with Gasteiger partial charge in [-0.25, -0.2) is 0 Å². The number of benzene rings is 1. The summed E-state index contributed by atoms with van der Waals surface area (Å²) in [5.41, 5.74) is 7.47. The lowest BCUT2D eigenvalue weighted by Gasteiger charge is -2.27. The molecule has 2 atom stereocenters. The Morgan fingerprint density at radius 3 is 2.61 bits per heavy atom. The van der Waals surface area contributed by atoms with E-state index in [2.05, 4.69) is 0 Å². The van der Waals surface area contributed by atoms with Crippen molar-refractivity contribution in [1.82, 2.24) is 0 Å². The lowest BCUT2D eigenvalue weighted by Crippen LogP contribution is -2.28. The highest BCUT2D eigenvalue weighted by molar-refractivity contribution is 8.06. The van der Waals surface area contributed by atoms with Gasteiger partial charge in [0.25, 0.3) is 0 Å². The van der Waals surface area contributed by atoms with E-state index in [0.29, 0.717) is 5.25 Å². The number of rotatable bonds is 4. The molecule has 5 heteroatoms. The van der Waals surface area contributed by atoms with Crippen LogP contribution in [-0.4, -0.2) is 36.7 Å². The number of thioether (sulfide) groups is 2. The van der Waals surface area contributed by atoms with Gasteiger partial charge in [-0.05, 0) is 17.7 Å². The molecule has 0 bridgehead atoms. The Kier molecular flexibility index (Phi) is 5.09. The van der Waals surface area contributed by atoms with E-state index in [-0.39, 0.29) is 6.04 Å². The van der Waals surface area contributed by atoms with E-state index >= 15 is 0 Å². The molecule has 1 saturated heterocycles. The predicted molar refractivity (Wildman–Crippen MR) is 80.0 cm³/mol. The van der Waals surface area contributed by atoms with E-state index in [4.69, 9.17) is 15.2 Å². The third-order valence-corrected chi connectivity index (χ3v) is 5.92. The lowest BCUT2D eigenvalue weighted by molar-refractivity contribution is 0.354. The van der Waals surface area contributed by atoms with E-state index in [0.717, 1.165) is 22.8 Å². The van der Waals surface area contributed by atoms with Crippen molar-refractivity contribution in [3.05, 3.63) is 23.8 Å². The smallest absolute Gasteiger partial charge is 0.161 e. The second-order valence-electron chi connectivity index (χ2n) is 4.12. The van der Waals surface area contributed by atoms with Crippen LogP contribution in [0.2, 0.25) is 0 Å². The van der Waals surface area contributed by atoms with Crippen molar-refractivity contribution in [1.29, 1.82) is 0 Å². The van der Waals surface area contributed by atoms with Crippen molar-refractivity contribution in [3.63, 3.8) is 0 Å². The van der Waals surface area contributed by atoms with E-state index in [1.807, 2.05) is 41.7 Å². The second-order valence-corrected chi connectivity index (χ2v) is 6.62. The minimum absolute atomic E-state index is 0.0580. The third kappa shape index (κ3) is 3.08. The van der Waals surface area contributed by atoms with Crippen LogP contribution in [0.5, 0.6) is 11.5 Å². The summed E-state index contributed by atoms with van der Waals surface area (Å²) in [6.45, 7) is 0. The first-order valence-corrected chi connectivity index (χ1v) is 8.13. The Bertz CT molecular complexity index is 395. The maximum absolute atomic E-state index is 6.35. The third-order valence-electron chi connectivity index (χ3n) is 3.03. The molecular formula is C13H19NO2S2. The van der Waals surface area contributed by atoms with Gasteiger partial charge >= 0.3 is 0 Å². The number of methoxy groups -OCH3 is 2. The Labute approximate surface area is 117 Å². The Morgan fingerprint density at radius 2 is 2.00 bits per heavy atom. The minimum Gasteiger partial charge on any atom is -0.493 e. The van der Waals surface area contributed by atoms with Gasteiger partial charge in [-0.3, -0.25) is 0 Å². The van der Waals surface area contributed by atoms with Crippen molar-refractivity contribution in [2.75, 3.05) is 31.5 Å². The summed E-state index contributed by atoms with van der Waals surface area (Å²) in [4.78, 5) is 0. The van der Waals surface area contributed by atoms with Gasteiger partial charge in [0.2, 0.25) is 0 Å². The molecule has 3 nitrogen and oxygen atoms in total. The highest BCUT2D eigenvalue weighted by atomic mass is 32.2. The largest absolute Gasteiger partial charge is 0.493 e. The van der Waals surface area contributed by atoms with Crippen LogP contribution in [0.1, 0.15) is 11.6 Å². The molecule has 0 aliphatic carbocycles. The first kappa shape index (κ1) is 13.9. The van der Waals surface area contributed by atoms with Crippen LogP contribution in [-0.2, 0) is 0 Å². The Balaban J connectivity index is 2.16. The summed E-state index contributed by atoms with van der Waals surface area (Å²) in [5, 5.41) is 0.488.